The minimum atomic E-state index is -4.01. The number of carbonyl (C=O) groups excluding carboxylic acids is 1. The molecule has 0 unspecified atom stereocenters. The van der Waals surface area contributed by atoms with Crippen molar-refractivity contribution in [1.82, 2.24) is 9.29 Å². The van der Waals surface area contributed by atoms with Crippen molar-refractivity contribution in [3.63, 3.8) is 0 Å². The Morgan fingerprint density at radius 1 is 1.21 bits per heavy atom. The lowest BCUT2D eigenvalue weighted by Gasteiger charge is -2.13. The van der Waals surface area contributed by atoms with Crippen LogP contribution in [-0.4, -0.2) is 37.7 Å². The normalized spacial score (nSPS) is 11.6. The number of amides is 1. The number of anilines is 1. The first-order valence-corrected chi connectivity index (χ1v) is 11.0. The van der Waals surface area contributed by atoms with E-state index in [0.717, 1.165) is 26.5 Å². The first kappa shape index (κ1) is 20.6. The van der Waals surface area contributed by atoms with E-state index in [0.29, 0.717) is 10.8 Å². The molecule has 1 N–H and O–H groups in total. The molecule has 10 heteroatoms. The van der Waals surface area contributed by atoms with Gasteiger partial charge in [0.25, 0.3) is 5.91 Å². The van der Waals surface area contributed by atoms with Crippen LogP contribution in [0.1, 0.15) is 10.4 Å². The van der Waals surface area contributed by atoms with Gasteiger partial charge >= 0.3 is 0 Å². The van der Waals surface area contributed by atoms with E-state index in [1.54, 1.807) is 5.38 Å². The summed E-state index contributed by atoms with van der Waals surface area (Å²) < 4.78 is 40.2. The van der Waals surface area contributed by atoms with Gasteiger partial charge in [-0.1, -0.05) is 28.1 Å². The fourth-order valence-corrected chi connectivity index (χ4v) is 4.42. The Hall–Kier alpha value is -2.14. The molecule has 0 aliphatic carbocycles. The molecule has 2 aromatic carbocycles. The molecule has 146 valence electrons. The van der Waals surface area contributed by atoms with E-state index >= 15 is 0 Å². The highest BCUT2D eigenvalue weighted by molar-refractivity contribution is 9.10. The number of sulfonamides is 1. The summed E-state index contributed by atoms with van der Waals surface area (Å²) in [7, 11) is -1.43. The number of nitrogens with one attached hydrogen (secondary N) is 1. The summed E-state index contributed by atoms with van der Waals surface area (Å²) in [4.78, 5) is 16.3. The van der Waals surface area contributed by atoms with Gasteiger partial charge in [0, 0.05) is 35.1 Å². The summed E-state index contributed by atoms with van der Waals surface area (Å²) in [5.74, 6) is -1.50. The lowest BCUT2D eigenvalue weighted by atomic mass is 10.2. The lowest BCUT2D eigenvalue weighted by Crippen LogP contribution is -2.24. The number of carbonyl (C=O) groups is 1. The summed E-state index contributed by atoms with van der Waals surface area (Å²) in [6.07, 6.45) is 0. The van der Waals surface area contributed by atoms with Gasteiger partial charge < -0.3 is 0 Å². The van der Waals surface area contributed by atoms with Gasteiger partial charge in [-0.05, 0) is 30.3 Å². The fraction of sp³-hybridized carbons (Fsp3) is 0.111. The van der Waals surface area contributed by atoms with Gasteiger partial charge in [-0.25, -0.2) is 22.1 Å². The highest BCUT2D eigenvalue weighted by Crippen LogP contribution is 2.27. The fourth-order valence-electron chi connectivity index (χ4n) is 2.32. The quantitative estimate of drug-likeness (QED) is 0.589. The summed E-state index contributed by atoms with van der Waals surface area (Å²) in [6.45, 7) is 0. The van der Waals surface area contributed by atoms with Gasteiger partial charge in [-0.3, -0.25) is 10.1 Å². The molecule has 1 amide bonds. The first-order chi connectivity index (χ1) is 13.2. The van der Waals surface area contributed by atoms with Crippen molar-refractivity contribution < 1.29 is 17.6 Å². The number of hydrogen-bond donors (Lipinski definition) is 1. The second-order valence-corrected chi connectivity index (χ2v) is 9.83. The van der Waals surface area contributed by atoms with Crippen molar-refractivity contribution in [1.29, 1.82) is 0 Å². The van der Waals surface area contributed by atoms with Crippen LogP contribution in [0.4, 0.5) is 9.52 Å². The maximum absolute atomic E-state index is 14.0. The lowest BCUT2D eigenvalue weighted by molar-refractivity contribution is 0.102. The highest BCUT2D eigenvalue weighted by atomic mass is 79.9. The van der Waals surface area contributed by atoms with Crippen molar-refractivity contribution in [2.75, 3.05) is 19.4 Å². The molecule has 0 atom stereocenters. The predicted octanol–water partition coefficient (Wildman–Crippen LogP) is 4.21. The Balaban J connectivity index is 1.85. The standard InChI is InChI=1S/C18H15BrFN3O3S2/c1-23(2)28(25,26)16-9-12(6-7-14(16)20)17(24)22-18-21-15(10-27-18)11-4-3-5-13(19)8-11/h3-10H,1-2H3,(H,21,22,24). The van der Waals surface area contributed by atoms with Crippen LogP contribution in [0.25, 0.3) is 11.3 Å². The van der Waals surface area contributed by atoms with E-state index in [4.69, 9.17) is 0 Å². The molecule has 1 aromatic heterocycles. The van der Waals surface area contributed by atoms with Crippen molar-refractivity contribution in [2.24, 2.45) is 0 Å². The largest absolute Gasteiger partial charge is 0.298 e. The van der Waals surface area contributed by atoms with Gasteiger partial charge in [0.1, 0.15) is 10.7 Å². The van der Waals surface area contributed by atoms with Gasteiger partial charge in [0.2, 0.25) is 10.0 Å². The van der Waals surface area contributed by atoms with Gasteiger partial charge in [0.15, 0.2) is 5.13 Å². The number of rotatable bonds is 5. The molecular weight excluding hydrogens is 469 g/mol. The van der Waals surface area contributed by atoms with Crippen LogP contribution in [0.5, 0.6) is 0 Å². The maximum Gasteiger partial charge on any atom is 0.257 e. The summed E-state index contributed by atoms with van der Waals surface area (Å²) in [6, 6.07) is 10.8. The van der Waals surface area contributed by atoms with Crippen LogP contribution in [-0.2, 0) is 10.0 Å². The maximum atomic E-state index is 14.0. The molecule has 6 nitrogen and oxygen atoms in total. The van der Waals surface area contributed by atoms with E-state index in [1.807, 2.05) is 24.3 Å². The second kappa shape index (κ2) is 8.08. The van der Waals surface area contributed by atoms with Crippen molar-refractivity contribution in [3.05, 3.63) is 63.7 Å². The minimum Gasteiger partial charge on any atom is -0.298 e. The van der Waals surface area contributed by atoms with Crippen molar-refractivity contribution in [2.45, 2.75) is 4.90 Å². The highest BCUT2D eigenvalue weighted by Gasteiger charge is 2.23. The molecule has 28 heavy (non-hydrogen) atoms. The second-order valence-electron chi connectivity index (χ2n) is 5.93. The number of halogens is 2. The van der Waals surface area contributed by atoms with E-state index < -0.39 is 26.6 Å². The zero-order valence-corrected chi connectivity index (χ0v) is 18.0. The predicted molar refractivity (Wildman–Crippen MR) is 110 cm³/mol. The number of hydrogen-bond acceptors (Lipinski definition) is 5. The smallest absolute Gasteiger partial charge is 0.257 e. The van der Waals surface area contributed by atoms with Crippen LogP contribution in [0.3, 0.4) is 0 Å². The Kier molecular flexibility index (Phi) is 5.94. The van der Waals surface area contributed by atoms with E-state index in [2.05, 4.69) is 26.2 Å². The molecule has 0 spiro atoms. The minimum absolute atomic E-state index is 0.0148. The van der Waals surface area contributed by atoms with Crippen LogP contribution in [0.2, 0.25) is 0 Å². The van der Waals surface area contributed by atoms with E-state index in [9.17, 15) is 17.6 Å². The molecule has 1 heterocycles. The summed E-state index contributed by atoms with van der Waals surface area (Å²) in [5, 5.41) is 4.76. The third-order valence-electron chi connectivity index (χ3n) is 3.80. The third kappa shape index (κ3) is 4.30. The van der Waals surface area contributed by atoms with Crippen LogP contribution >= 0.6 is 27.3 Å². The molecule has 0 saturated heterocycles. The van der Waals surface area contributed by atoms with E-state index in [1.165, 1.54) is 31.5 Å². The SMILES string of the molecule is CN(C)S(=O)(=O)c1cc(C(=O)Nc2nc(-c3cccc(Br)c3)cs2)ccc1F. The molecular formula is C18H15BrFN3O3S2. The average Bonchev–Trinajstić information content (AvgIpc) is 3.10. The van der Waals surface area contributed by atoms with Gasteiger partial charge in [-0.2, -0.15) is 0 Å². The average molecular weight is 484 g/mol. The Morgan fingerprint density at radius 3 is 2.64 bits per heavy atom. The molecule has 0 bridgehead atoms. The summed E-state index contributed by atoms with van der Waals surface area (Å²) >= 11 is 4.63. The zero-order chi connectivity index (χ0) is 20.5. The number of nitrogens with zero attached hydrogens (tertiary/aromatic N) is 2. The molecule has 0 aliphatic heterocycles. The zero-order valence-electron chi connectivity index (χ0n) is 14.8. The van der Waals surface area contributed by atoms with Crippen molar-refractivity contribution >= 4 is 48.3 Å². The molecule has 3 rings (SSSR count). The Bertz CT molecular complexity index is 1150. The first-order valence-electron chi connectivity index (χ1n) is 7.93. The Morgan fingerprint density at radius 2 is 1.96 bits per heavy atom. The molecule has 3 aromatic rings. The molecule has 0 fully saturated rings. The van der Waals surface area contributed by atoms with E-state index in [-0.39, 0.29) is 5.56 Å². The van der Waals surface area contributed by atoms with Crippen molar-refractivity contribution in [3.8, 4) is 11.3 Å². The number of thiazole rings is 1. The van der Waals surface area contributed by atoms with Crippen LogP contribution in [0.15, 0.2) is 57.2 Å². The topological polar surface area (TPSA) is 79.4 Å². The van der Waals surface area contributed by atoms with Gasteiger partial charge in [0.05, 0.1) is 5.69 Å². The number of aromatic nitrogens is 1. The van der Waals surface area contributed by atoms with Crippen LogP contribution in [0, 0.1) is 5.82 Å². The molecule has 0 radical (unpaired) electrons. The molecule has 0 aliphatic rings. The Labute approximate surface area is 174 Å². The molecule has 0 saturated carbocycles. The van der Waals surface area contributed by atoms with Crippen LogP contribution < -0.4 is 5.32 Å². The monoisotopic (exact) mass is 483 g/mol. The summed E-state index contributed by atoms with van der Waals surface area (Å²) in [5.41, 5.74) is 1.59. The van der Waals surface area contributed by atoms with Gasteiger partial charge in [-0.15, -0.1) is 11.3 Å². The third-order valence-corrected chi connectivity index (χ3v) is 6.88. The number of benzene rings is 2.